The lowest BCUT2D eigenvalue weighted by Gasteiger charge is -2.25. The second-order valence-corrected chi connectivity index (χ2v) is 10.9. The van der Waals surface area contributed by atoms with E-state index >= 15 is 0 Å². The van der Waals surface area contributed by atoms with E-state index in [-0.39, 0.29) is 28.7 Å². The zero-order chi connectivity index (χ0) is 22.9. The van der Waals surface area contributed by atoms with Gasteiger partial charge in [0.15, 0.2) is 26.5 Å². The Morgan fingerprint density at radius 1 is 1.03 bits per heavy atom. The number of sulfone groups is 1. The molecule has 170 valence electrons. The quantitative estimate of drug-likeness (QED) is 0.628. The van der Waals surface area contributed by atoms with Gasteiger partial charge < -0.3 is 19.1 Å². The molecule has 2 fully saturated rings. The van der Waals surface area contributed by atoms with Gasteiger partial charge in [0.05, 0.1) is 38.9 Å². The summed E-state index contributed by atoms with van der Waals surface area (Å²) < 4.78 is 40.3. The standard InChI is InChI=1S/C22H24N2O6S2/c1-28-16-7-5-15(6-8-16)21(25)23-22-24(17-12-32(26,27)13-20(17)31-22)11-14-4-9-18(29-2)19(10-14)30-3/h4-10,17,20H,11-13H2,1-3H3/t17-,20+/m0/s1. The lowest BCUT2D eigenvalue weighted by molar-refractivity contribution is 0.100. The van der Waals surface area contributed by atoms with Gasteiger partial charge in [-0.25, -0.2) is 8.42 Å². The first-order chi connectivity index (χ1) is 15.3. The van der Waals surface area contributed by atoms with E-state index in [2.05, 4.69) is 4.99 Å². The molecule has 0 spiro atoms. The molecule has 1 amide bonds. The number of aliphatic imine (C=N–C) groups is 1. The summed E-state index contributed by atoms with van der Waals surface area (Å²) in [5, 5.41) is 0.382. The van der Waals surface area contributed by atoms with Crippen molar-refractivity contribution >= 4 is 32.7 Å². The number of amidine groups is 1. The third kappa shape index (κ3) is 4.56. The normalized spacial score (nSPS) is 22.6. The number of nitrogens with zero attached hydrogens (tertiary/aromatic N) is 2. The molecule has 2 heterocycles. The van der Waals surface area contributed by atoms with E-state index in [0.717, 1.165) is 5.56 Å². The van der Waals surface area contributed by atoms with E-state index < -0.39 is 9.84 Å². The SMILES string of the molecule is COc1ccc(C(=O)N=C2S[C@@H]3CS(=O)(=O)C[C@@H]3N2Cc2ccc(OC)c(OC)c2)cc1. The number of methoxy groups -OCH3 is 3. The van der Waals surface area contributed by atoms with Crippen LogP contribution in [0.4, 0.5) is 0 Å². The van der Waals surface area contributed by atoms with Crippen LogP contribution in [0.15, 0.2) is 47.5 Å². The Bertz CT molecular complexity index is 1150. The molecular weight excluding hydrogens is 452 g/mol. The Labute approximate surface area is 191 Å². The molecule has 0 radical (unpaired) electrons. The Hall–Kier alpha value is -2.72. The van der Waals surface area contributed by atoms with Crippen LogP contribution >= 0.6 is 11.8 Å². The number of carbonyl (C=O) groups is 1. The lowest BCUT2D eigenvalue weighted by atomic mass is 10.1. The molecule has 0 saturated carbocycles. The van der Waals surface area contributed by atoms with Gasteiger partial charge in [0.2, 0.25) is 0 Å². The molecule has 2 aromatic rings. The Balaban J connectivity index is 1.63. The minimum atomic E-state index is -3.13. The molecule has 2 atom stereocenters. The number of carbonyl (C=O) groups excluding carboxylic acids is 1. The van der Waals surface area contributed by atoms with Crippen LogP contribution in [0.25, 0.3) is 0 Å². The summed E-state index contributed by atoms with van der Waals surface area (Å²) >= 11 is 1.35. The van der Waals surface area contributed by atoms with Gasteiger partial charge in [-0.15, -0.1) is 0 Å². The van der Waals surface area contributed by atoms with Crippen LogP contribution in [0, 0.1) is 0 Å². The van der Waals surface area contributed by atoms with Crippen LogP contribution in [0.3, 0.4) is 0 Å². The number of hydrogen-bond acceptors (Lipinski definition) is 7. The Kier molecular flexibility index (Phi) is 6.34. The van der Waals surface area contributed by atoms with E-state index in [4.69, 9.17) is 14.2 Å². The minimum absolute atomic E-state index is 0.0493. The van der Waals surface area contributed by atoms with Crippen molar-refractivity contribution in [1.82, 2.24) is 4.90 Å². The van der Waals surface area contributed by atoms with Crippen LogP contribution in [-0.2, 0) is 16.4 Å². The van der Waals surface area contributed by atoms with Crippen molar-refractivity contribution in [2.24, 2.45) is 4.99 Å². The second-order valence-electron chi connectivity index (χ2n) is 7.55. The summed E-state index contributed by atoms with van der Waals surface area (Å²) in [6.45, 7) is 0.402. The molecule has 2 saturated heterocycles. The molecule has 0 unspecified atom stereocenters. The first-order valence-electron chi connectivity index (χ1n) is 9.95. The Morgan fingerprint density at radius 3 is 2.41 bits per heavy atom. The number of fused-ring (bicyclic) bond motifs is 1. The van der Waals surface area contributed by atoms with E-state index in [0.29, 0.717) is 34.5 Å². The van der Waals surface area contributed by atoms with E-state index in [9.17, 15) is 13.2 Å². The summed E-state index contributed by atoms with van der Waals surface area (Å²) in [5.74, 6) is 1.60. The first kappa shape index (κ1) is 22.5. The van der Waals surface area contributed by atoms with Crippen molar-refractivity contribution in [3.63, 3.8) is 0 Å². The van der Waals surface area contributed by atoms with Crippen molar-refractivity contribution in [1.29, 1.82) is 0 Å². The van der Waals surface area contributed by atoms with Gasteiger partial charge in [-0.05, 0) is 42.0 Å². The zero-order valence-corrected chi connectivity index (χ0v) is 19.6. The maximum atomic E-state index is 12.8. The third-order valence-electron chi connectivity index (χ3n) is 5.51. The summed E-state index contributed by atoms with van der Waals surface area (Å²) in [6, 6.07) is 12.1. The number of rotatable bonds is 6. The van der Waals surface area contributed by atoms with Crippen molar-refractivity contribution in [2.45, 2.75) is 17.8 Å². The number of thioether (sulfide) groups is 1. The highest BCUT2D eigenvalue weighted by molar-refractivity contribution is 8.15. The highest BCUT2D eigenvalue weighted by atomic mass is 32.2. The van der Waals surface area contributed by atoms with Gasteiger partial charge in [-0.2, -0.15) is 4.99 Å². The van der Waals surface area contributed by atoms with Crippen molar-refractivity contribution in [2.75, 3.05) is 32.8 Å². The fourth-order valence-corrected chi connectivity index (χ4v) is 7.83. The molecule has 2 aromatic carbocycles. The van der Waals surface area contributed by atoms with Gasteiger partial charge >= 0.3 is 0 Å². The van der Waals surface area contributed by atoms with Gasteiger partial charge in [0.25, 0.3) is 5.91 Å². The number of ether oxygens (including phenoxy) is 3. The number of hydrogen-bond donors (Lipinski definition) is 0. The van der Waals surface area contributed by atoms with Crippen LogP contribution < -0.4 is 14.2 Å². The zero-order valence-electron chi connectivity index (χ0n) is 18.0. The molecule has 2 aliphatic heterocycles. The molecule has 10 heteroatoms. The van der Waals surface area contributed by atoms with Crippen LogP contribution in [0.2, 0.25) is 0 Å². The van der Waals surface area contributed by atoms with Crippen molar-refractivity contribution in [3.8, 4) is 17.2 Å². The maximum absolute atomic E-state index is 12.8. The van der Waals surface area contributed by atoms with Crippen LogP contribution in [0.1, 0.15) is 15.9 Å². The molecular formula is C22H24N2O6S2. The number of benzene rings is 2. The summed E-state index contributed by atoms with van der Waals surface area (Å²) in [4.78, 5) is 19.1. The average Bonchev–Trinajstić information content (AvgIpc) is 3.25. The molecule has 2 aliphatic rings. The molecule has 8 nitrogen and oxygen atoms in total. The van der Waals surface area contributed by atoms with E-state index in [1.54, 1.807) is 51.7 Å². The second kappa shape index (κ2) is 9.03. The predicted molar refractivity (Wildman–Crippen MR) is 124 cm³/mol. The summed E-state index contributed by atoms with van der Waals surface area (Å²) in [5.41, 5.74) is 1.34. The topological polar surface area (TPSA) is 94.5 Å². The summed E-state index contributed by atoms with van der Waals surface area (Å²) in [7, 11) is 1.56. The fourth-order valence-electron chi connectivity index (χ4n) is 3.88. The largest absolute Gasteiger partial charge is 0.497 e. The number of amides is 1. The Morgan fingerprint density at radius 2 is 1.75 bits per heavy atom. The van der Waals surface area contributed by atoms with Crippen LogP contribution in [0.5, 0.6) is 17.2 Å². The third-order valence-corrected chi connectivity index (χ3v) is 8.76. The summed E-state index contributed by atoms with van der Waals surface area (Å²) in [6.07, 6.45) is 0. The molecule has 4 rings (SSSR count). The highest BCUT2D eigenvalue weighted by Gasteiger charge is 2.48. The predicted octanol–water partition coefficient (Wildman–Crippen LogP) is 2.62. The monoisotopic (exact) mass is 476 g/mol. The first-order valence-corrected chi connectivity index (χ1v) is 12.7. The molecule has 0 bridgehead atoms. The lowest BCUT2D eigenvalue weighted by Crippen LogP contribution is -2.37. The van der Waals surface area contributed by atoms with Gasteiger partial charge in [-0.3, -0.25) is 4.79 Å². The molecule has 0 aromatic heterocycles. The molecule has 0 N–H and O–H groups in total. The van der Waals surface area contributed by atoms with E-state index in [1.165, 1.54) is 11.8 Å². The average molecular weight is 477 g/mol. The van der Waals surface area contributed by atoms with Gasteiger partial charge in [0, 0.05) is 17.4 Å². The van der Waals surface area contributed by atoms with Gasteiger partial charge in [-0.1, -0.05) is 17.8 Å². The van der Waals surface area contributed by atoms with E-state index in [1.807, 2.05) is 17.0 Å². The minimum Gasteiger partial charge on any atom is -0.497 e. The highest BCUT2D eigenvalue weighted by Crippen LogP contribution is 2.40. The van der Waals surface area contributed by atoms with Gasteiger partial charge in [0.1, 0.15) is 5.75 Å². The van der Waals surface area contributed by atoms with Crippen molar-refractivity contribution < 1.29 is 27.4 Å². The van der Waals surface area contributed by atoms with Crippen LogP contribution in [-0.4, -0.2) is 68.5 Å². The maximum Gasteiger partial charge on any atom is 0.279 e. The fraction of sp³-hybridized carbons (Fsp3) is 0.364. The molecule has 0 aliphatic carbocycles. The molecule has 32 heavy (non-hydrogen) atoms. The smallest absolute Gasteiger partial charge is 0.279 e. The van der Waals surface area contributed by atoms with Crippen molar-refractivity contribution in [3.05, 3.63) is 53.6 Å².